The van der Waals surface area contributed by atoms with E-state index in [4.69, 9.17) is 16.3 Å². The van der Waals surface area contributed by atoms with Crippen LogP contribution in [0.2, 0.25) is 5.02 Å². The SMILES string of the molecule is COc1c(Cl)cccc1C1(CO)CC1. The first-order chi connectivity index (χ1) is 6.73. The van der Waals surface area contributed by atoms with Gasteiger partial charge in [0.2, 0.25) is 0 Å². The van der Waals surface area contributed by atoms with Crippen molar-refractivity contribution in [3.8, 4) is 5.75 Å². The van der Waals surface area contributed by atoms with Crippen LogP contribution >= 0.6 is 11.6 Å². The highest BCUT2D eigenvalue weighted by molar-refractivity contribution is 6.32. The number of benzene rings is 1. The minimum atomic E-state index is -0.0871. The van der Waals surface area contributed by atoms with E-state index >= 15 is 0 Å². The van der Waals surface area contributed by atoms with Gasteiger partial charge in [-0.2, -0.15) is 0 Å². The monoisotopic (exact) mass is 212 g/mol. The Morgan fingerprint density at radius 3 is 2.71 bits per heavy atom. The van der Waals surface area contributed by atoms with E-state index in [1.54, 1.807) is 13.2 Å². The summed E-state index contributed by atoms with van der Waals surface area (Å²) in [7, 11) is 1.61. The molecular weight excluding hydrogens is 200 g/mol. The molecule has 0 aliphatic heterocycles. The summed E-state index contributed by atoms with van der Waals surface area (Å²) in [4.78, 5) is 0. The van der Waals surface area contributed by atoms with Crippen LogP contribution in [-0.2, 0) is 5.41 Å². The van der Waals surface area contributed by atoms with E-state index in [1.807, 2.05) is 12.1 Å². The third-order valence-electron chi connectivity index (χ3n) is 2.90. The highest BCUT2D eigenvalue weighted by Crippen LogP contribution is 2.52. The molecule has 0 heterocycles. The molecule has 0 saturated heterocycles. The largest absolute Gasteiger partial charge is 0.495 e. The van der Waals surface area contributed by atoms with E-state index in [2.05, 4.69) is 0 Å². The quantitative estimate of drug-likeness (QED) is 0.834. The molecule has 1 aromatic carbocycles. The molecule has 1 N–H and O–H groups in total. The predicted octanol–water partition coefficient (Wildman–Crippen LogP) is 2.37. The number of para-hydroxylation sites is 1. The van der Waals surface area contributed by atoms with E-state index < -0.39 is 0 Å². The molecule has 1 aliphatic rings. The highest BCUT2D eigenvalue weighted by Gasteiger charge is 2.45. The fourth-order valence-electron chi connectivity index (χ4n) is 1.80. The van der Waals surface area contributed by atoms with E-state index in [0.29, 0.717) is 10.8 Å². The number of halogens is 1. The van der Waals surface area contributed by atoms with Gasteiger partial charge in [-0.25, -0.2) is 0 Å². The lowest BCUT2D eigenvalue weighted by Gasteiger charge is -2.16. The van der Waals surface area contributed by atoms with Crippen molar-refractivity contribution in [1.82, 2.24) is 0 Å². The van der Waals surface area contributed by atoms with Crippen LogP contribution in [0.25, 0.3) is 0 Å². The molecule has 2 nitrogen and oxygen atoms in total. The van der Waals surface area contributed by atoms with Crippen LogP contribution in [0.5, 0.6) is 5.75 Å². The molecule has 0 radical (unpaired) electrons. The van der Waals surface area contributed by atoms with Crippen LogP contribution in [0.15, 0.2) is 18.2 Å². The summed E-state index contributed by atoms with van der Waals surface area (Å²) in [6, 6.07) is 5.68. The van der Waals surface area contributed by atoms with Gasteiger partial charge in [-0.05, 0) is 18.9 Å². The van der Waals surface area contributed by atoms with E-state index in [9.17, 15) is 5.11 Å². The summed E-state index contributed by atoms with van der Waals surface area (Å²) in [5.41, 5.74) is 0.950. The molecule has 0 amide bonds. The van der Waals surface area contributed by atoms with Gasteiger partial charge in [0.05, 0.1) is 18.7 Å². The lowest BCUT2D eigenvalue weighted by Crippen LogP contribution is -2.13. The second kappa shape index (κ2) is 3.44. The average Bonchev–Trinajstić information content (AvgIpc) is 2.98. The molecule has 1 aromatic rings. The molecule has 76 valence electrons. The minimum absolute atomic E-state index is 0.0871. The van der Waals surface area contributed by atoms with Crippen LogP contribution in [0.4, 0.5) is 0 Å². The maximum Gasteiger partial charge on any atom is 0.141 e. The second-order valence-corrected chi connectivity index (χ2v) is 4.17. The lowest BCUT2D eigenvalue weighted by molar-refractivity contribution is 0.251. The van der Waals surface area contributed by atoms with E-state index in [1.165, 1.54) is 0 Å². The van der Waals surface area contributed by atoms with Crippen molar-refractivity contribution in [3.05, 3.63) is 28.8 Å². The molecular formula is C11H13ClO2. The summed E-state index contributed by atoms with van der Waals surface area (Å²) in [5, 5.41) is 9.94. The molecule has 1 saturated carbocycles. The molecule has 0 unspecified atom stereocenters. The summed E-state index contributed by atoms with van der Waals surface area (Å²) in [5.74, 6) is 0.709. The fourth-order valence-corrected chi connectivity index (χ4v) is 2.05. The van der Waals surface area contributed by atoms with Crippen LogP contribution in [0, 0.1) is 0 Å². The number of rotatable bonds is 3. The number of methoxy groups -OCH3 is 1. The van der Waals surface area contributed by atoms with Crippen molar-refractivity contribution in [3.63, 3.8) is 0 Å². The molecule has 2 rings (SSSR count). The maximum atomic E-state index is 9.32. The van der Waals surface area contributed by atoms with Gasteiger partial charge in [-0.3, -0.25) is 0 Å². The van der Waals surface area contributed by atoms with Gasteiger partial charge in [0.15, 0.2) is 0 Å². The van der Waals surface area contributed by atoms with Gasteiger partial charge in [0, 0.05) is 11.0 Å². The van der Waals surface area contributed by atoms with Crippen LogP contribution < -0.4 is 4.74 Å². The van der Waals surface area contributed by atoms with Crippen LogP contribution in [-0.4, -0.2) is 18.8 Å². The third kappa shape index (κ3) is 1.39. The van der Waals surface area contributed by atoms with Crippen molar-refractivity contribution in [2.75, 3.05) is 13.7 Å². The highest BCUT2D eigenvalue weighted by atomic mass is 35.5. The number of aliphatic hydroxyl groups is 1. The fraction of sp³-hybridized carbons (Fsp3) is 0.455. The van der Waals surface area contributed by atoms with Crippen molar-refractivity contribution in [2.45, 2.75) is 18.3 Å². The minimum Gasteiger partial charge on any atom is -0.495 e. The summed E-state index contributed by atoms with van der Waals surface area (Å²) in [6.45, 7) is 0.170. The second-order valence-electron chi connectivity index (χ2n) is 3.76. The zero-order valence-electron chi connectivity index (χ0n) is 8.09. The predicted molar refractivity (Wildman–Crippen MR) is 56.0 cm³/mol. The smallest absolute Gasteiger partial charge is 0.141 e. The normalized spacial score (nSPS) is 17.9. The average molecular weight is 213 g/mol. The van der Waals surface area contributed by atoms with Gasteiger partial charge >= 0.3 is 0 Å². The first-order valence-corrected chi connectivity index (χ1v) is 5.05. The first kappa shape index (κ1) is 9.81. The Hall–Kier alpha value is -0.730. The van der Waals surface area contributed by atoms with Gasteiger partial charge in [0.1, 0.15) is 5.75 Å². The number of aliphatic hydroxyl groups excluding tert-OH is 1. The summed E-state index contributed by atoms with van der Waals surface area (Å²) >= 11 is 6.01. The lowest BCUT2D eigenvalue weighted by atomic mass is 9.96. The Bertz CT molecular complexity index is 345. The standard InChI is InChI=1S/C11H13ClO2/c1-14-10-8(3-2-4-9(10)12)11(7-13)5-6-11/h2-4,13H,5-7H2,1H3. The Morgan fingerprint density at radius 2 is 2.21 bits per heavy atom. The van der Waals surface area contributed by atoms with Crippen molar-refractivity contribution in [2.24, 2.45) is 0 Å². The first-order valence-electron chi connectivity index (χ1n) is 4.67. The Balaban J connectivity index is 2.47. The Labute approximate surface area is 88.5 Å². The van der Waals surface area contributed by atoms with E-state index in [-0.39, 0.29) is 12.0 Å². The maximum absolute atomic E-state index is 9.32. The van der Waals surface area contributed by atoms with Gasteiger partial charge in [-0.1, -0.05) is 23.7 Å². The molecule has 1 aliphatic carbocycles. The Morgan fingerprint density at radius 1 is 1.50 bits per heavy atom. The topological polar surface area (TPSA) is 29.5 Å². The molecule has 3 heteroatoms. The van der Waals surface area contributed by atoms with Crippen molar-refractivity contribution in [1.29, 1.82) is 0 Å². The van der Waals surface area contributed by atoms with Crippen LogP contribution in [0.3, 0.4) is 0 Å². The summed E-state index contributed by atoms with van der Waals surface area (Å²) < 4.78 is 5.26. The third-order valence-corrected chi connectivity index (χ3v) is 3.20. The molecule has 1 fully saturated rings. The molecule has 0 aromatic heterocycles. The zero-order chi connectivity index (χ0) is 10.2. The number of hydrogen-bond acceptors (Lipinski definition) is 2. The number of ether oxygens (including phenoxy) is 1. The molecule has 0 atom stereocenters. The van der Waals surface area contributed by atoms with Crippen LogP contribution in [0.1, 0.15) is 18.4 Å². The molecule has 0 bridgehead atoms. The summed E-state index contributed by atoms with van der Waals surface area (Å²) in [6.07, 6.45) is 2.03. The van der Waals surface area contributed by atoms with Gasteiger partial charge in [-0.15, -0.1) is 0 Å². The van der Waals surface area contributed by atoms with Gasteiger partial charge in [0.25, 0.3) is 0 Å². The van der Waals surface area contributed by atoms with Crippen molar-refractivity contribution < 1.29 is 9.84 Å². The van der Waals surface area contributed by atoms with Crippen molar-refractivity contribution >= 4 is 11.6 Å². The number of hydrogen-bond donors (Lipinski definition) is 1. The molecule has 0 spiro atoms. The molecule has 14 heavy (non-hydrogen) atoms. The van der Waals surface area contributed by atoms with Gasteiger partial charge < -0.3 is 9.84 Å². The zero-order valence-corrected chi connectivity index (χ0v) is 8.84. The Kier molecular flexibility index (Phi) is 2.41. The van der Waals surface area contributed by atoms with E-state index in [0.717, 1.165) is 18.4 Å².